The van der Waals surface area contributed by atoms with Crippen molar-refractivity contribution in [3.63, 3.8) is 0 Å². The van der Waals surface area contributed by atoms with E-state index in [4.69, 9.17) is 14.2 Å². The van der Waals surface area contributed by atoms with E-state index in [1.165, 1.54) is 6.08 Å². The van der Waals surface area contributed by atoms with Crippen molar-refractivity contribution in [2.75, 3.05) is 19.8 Å². The van der Waals surface area contributed by atoms with Crippen molar-refractivity contribution in [1.82, 2.24) is 0 Å². The minimum Gasteiger partial charge on any atom is -0.374 e. The molecule has 0 aromatic carbocycles. The van der Waals surface area contributed by atoms with Crippen molar-refractivity contribution < 1.29 is 19.0 Å². The van der Waals surface area contributed by atoms with Gasteiger partial charge in [0.05, 0.1) is 6.10 Å². The molecule has 1 unspecified atom stereocenters. The molecule has 0 N–H and O–H groups in total. The Balaban J connectivity index is 4.26. The molecule has 120 valence electrons. The number of allylic oxidation sites excluding steroid dienone is 3. The summed E-state index contributed by atoms with van der Waals surface area (Å²) >= 11 is 0. The maximum Gasteiger partial charge on any atom is 0.160 e. The highest BCUT2D eigenvalue weighted by atomic mass is 16.7. The molecule has 0 radical (unpaired) electrons. The Labute approximate surface area is 128 Å². The van der Waals surface area contributed by atoms with Gasteiger partial charge < -0.3 is 14.2 Å². The van der Waals surface area contributed by atoms with Crippen molar-refractivity contribution in [3.05, 3.63) is 36.5 Å². The molecule has 0 aliphatic heterocycles. The van der Waals surface area contributed by atoms with E-state index in [0.717, 1.165) is 12.7 Å². The highest BCUT2D eigenvalue weighted by Crippen LogP contribution is 2.07. The highest BCUT2D eigenvalue weighted by Gasteiger charge is 2.06. The third kappa shape index (κ3) is 12.2. The van der Waals surface area contributed by atoms with Crippen molar-refractivity contribution in [1.29, 1.82) is 0 Å². The van der Waals surface area contributed by atoms with Gasteiger partial charge in [-0.05, 0) is 33.3 Å². The Hall–Kier alpha value is -1.23. The fourth-order valence-corrected chi connectivity index (χ4v) is 1.71. The molecule has 4 heteroatoms. The molecule has 0 spiro atoms. The molecule has 0 bridgehead atoms. The molecule has 0 amide bonds. The van der Waals surface area contributed by atoms with Gasteiger partial charge in [-0.1, -0.05) is 30.4 Å². The van der Waals surface area contributed by atoms with E-state index in [-0.39, 0.29) is 12.4 Å². The third-order valence-corrected chi connectivity index (χ3v) is 2.57. The summed E-state index contributed by atoms with van der Waals surface area (Å²) in [5, 5.41) is 0. The van der Waals surface area contributed by atoms with Crippen LogP contribution in [-0.2, 0) is 19.0 Å². The zero-order valence-electron chi connectivity index (χ0n) is 13.4. The molecule has 0 aromatic heterocycles. The predicted molar refractivity (Wildman–Crippen MR) is 85.2 cm³/mol. The van der Waals surface area contributed by atoms with Crippen LogP contribution in [0.15, 0.2) is 36.5 Å². The molecular weight excluding hydrogens is 268 g/mol. The van der Waals surface area contributed by atoms with E-state index in [2.05, 4.69) is 0 Å². The molecule has 0 aromatic rings. The predicted octanol–water partition coefficient (Wildman–Crippen LogP) is 3.44. The van der Waals surface area contributed by atoms with Crippen molar-refractivity contribution in [2.45, 2.75) is 46.0 Å². The van der Waals surface area contributed by atoms with Crippen LogP contribution in [0.5, 0.6) is 0 Å². The van der Waals surface area contributed by atoms with Gasteiger partial charge >= 0.3 is 0 Å². The monoisotopic (exact) mass is 296 g/mol. The summed E-state index contributed by atoms with van der Waals surface area (Å²) in [4.78, 5) is 10.1. The zero-order valence-corrected chi connectivity index (χ0v) is 13.4. The van der Waals surface area contributed by atoms with Crippen LogP contribution in [-0.4, -0.2) is 38.5 Å². The lowest BCUT2D eigenvalue weighted by molar-refractivity contribution is -0.133. The second kappa shape index (κ2) is 15.2. The van der Waals surface area contributed by atoms with E-state index in [1.807, 2.05) is 45.1 Å². The largest absolute Gasteiger partial charge is 0.374 e. The Morgan fingerprint density at radius 1 is 0.810 bits per heavy atom. The van der Waals surface area contributed by atoms with Crippen molar-refractivity contribution in [3.8, 4) is 0 Å². The first-order valence-corrected chi connectivity index (χ1v) is 7.56. The van der Waals surface area contributed by atoms with Crippen LogP contribution in [0.4, 0.5) is 0 Å². The van der Waals surface area contributed by atoms with Gasteiger partial charge in [0.15, 0.2) is 6.29 Å². The lowest BCUT2D eigenvalue weighted by Gasteiger charge is -2.15. The Bertz CT molecular complexity index is 315. The Morgan fingerprint density at radius 2 is 1.48 bits per heavy atom. The molecule has 1 atom stereocenters. The van der Waals surface area contributed by atoms with E-state index in [9.17, 15) is 4.79 Å². The normalized spacial score (nSPS) is 13.9. The Morgan fingerprint density at radius 3 is 2.05 bits per heavy atom. The quantitative estimate of drug-likeness (QED) is 0.172. The van der Waals surface area contributed by atoms with Gasteiger partial charge in [-0.15, -0.1) is 0 Å². The first kappa shape index (κ1) is 19.8. The van der Waals surface area contributed by atoms with Crippen LogP contribution in [0.25, 0.3) is 0 Å². The number of carbonyl (C=O) groups excluding carboxylic acids is 1. The van der Waals surface area contributed by atoms with Gasteiger partial charge in [-0.3, -0.25) is 4.79 Å². The molecule has 21 heavy (non-hydrogen) atoms. The second-order valence-electron chi connectivity index (χ2n) is 4.18. The minimum absolute atomic E-state index is 0.0276. The number of hydrogen-bond donors (Lipinski definition) is 0. The summed E-state index contributed by atoms with van der Waals surface area (Å²) < 4.78 is 16.6. The van der Waals surface area contributed by atoms with Gasteiger partial charge in [0, 0.05) is 26.2 Å². The molecule has 0 heterocycles. The number of rotatable bonds is 13. The number of hydrogen-bond acceptors (Lipinski definition) is 4. The van der Waals surface area contributed by atoms with Crippen LogP contribution in [0, 0.1) is 0 Å². The summed E-state index contributed by atoms with van der Waals surface area (Å²) in [5.74, 6) is 0. The van der Waals surface area contributed by atoms with Gasteiger partial charge in [-0.2, -0.15) is 0 Å². The fourth-order valence-electron chi connectivity index (χ4n) is 1.71. The van der Waals surface area contributed by atoms with Crippen molar-refractivity contribution >= 4 is 6.29 Å². The van der Waals surface area contributed by atoms with Gasteiger partial charge in [0.1, 0.15) is 6.29 Å². The van der Waals surface area contributed by atoms with Crippen LogP contribution in [0.1, 0.15) is 33.6 Å². The molecule has 4 nitrogen and oxygen atoms in total. The smallest absolute Gasteiger partial charge is 0.160 e. The lowest BCUT2D eigenvalue weighted by Crippen LogP contribution is -2.16. The highest BCUT2D eigenvalue weighted by molar-refractivity contribution is 5.65. The van der Waals surface area contributed by atoms with E-state index in [1.54, 1.807) is 6.08 Å². The molecular formula is C17H28O4. The van der Waals surface area contributed by atoms with Crippen LogP contribution in [0.2, 0.25) is 0 Å². The summed E-state index contributed by atoms with van der Waals surface area (Å²) in [6.07, 6.45) is 13.1. The summed E-state index contributed by atoms with van der Waals surface area (Å²) in [6.45, 7) is 7.82. The third-order valence-electron chi connectivity index (χ3n) is 2.57. The number of carbonyl (C=O) groups is 1. The van der Waals surface area contributed by atoms with Crippen LogP contribution >= 0.6 is 0 Å². The minimum atomic E-state index is -0.190. The molecule has 0 rings (SSSR count). The number of ether oxygens (including phenoxy) is 3. The zero-order chi connectivity index (χ0) is 15.8. The average Bonchev–Trinajstić information content (AvgIpc) is 2.47. The maximum atomic E-state index is 10.1. The first-order valence-electron chi connectivity index (χ1n) is 7.56. The van der Waals surface area contributed by atoms with Gasteiger partial charge in [0.2, 0.25) is 0 Å². The maximum absolute atomic E-state index is 10.1. The lowest BCUT2D eigenvalue weighted by atomic mass is 10.2. The second-order valence-corrected chi connectivity index (χ2v) is 4.18. The topological polar surface area (TPSA) is 44.8 Å². The van der Waals surface area contributed by atoms with E-state index < -0.39 is 0 Å². The van der Waals surface area contributed by atoms with Crippen molar-refractivity contribution in [2.24, 2.45) is 0 Å². The molecule has 0 saturated heterocycles. The average molecular weight is 296 g/mol. The summed E-state index contributed by atoms with van der Waals surface area (Å²) in [7, 11) is 0. The first-order chi connectivity index (χ1) is 10.3. The van der Waals surface area contributed by atoms with Crippen LogP contribution < -0.4 is 0 Å². The fraction of sp³-hybridized carbons (Fsp3) is 0.588. The van der Waals surface area contributed by atoms with Gasteiger partial charge in [-0.25, -0.2) is 0 Å². The molecule has 0 aliphatic rings. The van der Waals surface area contributed by atoms with Crippen LogP contribution in [0.3, 0.4) is 0 Å². The summed E-state index contributed by atoms with van der Waals surface area (Å²) in [5.41, 5.74) is 0. The SMILES string of the molecule is CCOC(/C=C/CC(OCC)OCC)C/C=C/C=C/C=O. The Kier molecular flexibility index (Phi) is 14.3. The van der Waals surface area contributed by atoms with Gasteiger partial charge in [0.25, 0.3) is 0 Å². The van der Waals surface area contributed by atoms with E-state index >= 15 is 0 Å². The standard InChI is InChI=1S/C17H28O4/c1-4-19-16(12-9-7-8-10-15-18)13-11-14-17(20-5-2)21-6-3/h7-11,13,15-17H,4-6,12,14H2,1-3H3/b9-7+,10-8+,13-11+. The molecule has 0 saturated carbocycles. The summed E-state index contributed by atoms with van der Waals surface area (Å²) in [6, 6.07) is 0. The molecule has 0 fully saturated rings. The molecule has 0 aliphatic carbocycles. The van der Waals surface area contributed by atoms with E-state index in [0.29, 0.717) is 26.2 Å². The number of aldehydes is 1.